The second-order valence-corrected chi connectivity index (χ2v) is 6.59. The molecule has 1 unspecified atom stereocenters. The highest BCUT2D eigenvalue weighted by molar-refractivity contribution is 4.83. The second-order valence-electron chi connectivity index (χ2n) is 6.59. The Morgan fingerprint density at radius 2 is 1.26 bits per heavy atom. The van der Waals surface area contributed by atoms with Crippen LogP contribution in [0.5, 0.6) is 0 Å². The van der Waals surface area contributed by atoms with Gasteiger partial charge in [0.1, 0.15) is 0 Å². The molecule has 0 amide bonds. The second kappa shape index (κ2) is 14.2. The minimum absolute atomic E-state index is 0.718. The average molecular weight is 267 g/mol. The Bertz CT molecular complexity index is 190. The van der Waals surface area contributed by atoms with Crippen LogP contribution in [0.4, 0.5) is 0 Å². The predicted octanol–water partition coefficient (Wildman–Crippen LogP) is 7.15. The lowest BCUT2D eigenvalue weighted by molar-refractivity contribution is 0.469. The summed E-state index contributed by atoms with van der Waals surface area (Å²) in [6, 6.07) is 0. The molecule has 0 aromatic heterocycles. The number of rotatable bonds is 13. The molecule has 0 N–H and O–H groups in total. The van der Waals surface area contributed by atoms with Crippen molar-refractivity contribution >= 4 is 0 Å². The SMILES string of the molecule is CCC(C)CCCCCCCCCCC=CC(C)C. The van der Waals surface area contributed by atoms with Gasteiger partial charge in [0, 0.05) is 0 Å². The van der Waals surface area contributed by atoms with E-state index in [-0.39, 0.29) is 0 Å². The first-order chi connectivity index (χ1) is 9.16. The lowest BCUT2D eigenvalue weighted by Crippen LogP contribution is -1.91. The molecule has 0 fully saturated rings. The molecular formula is C19H38. The normalized spacial score (nSPS) is 13.5. The van der Waals surface area contributed by atoms with Crippen molar-refractivity contribution in [1.82, 2.24) is 0 Å². The third-order valence-corrected chi connectivity index (χ3v) is 4.04. The van der Waals surface area contributed by atoms with Gasteiger partial charge in [0.05, 0.1) is 0 Å². The lowest BCUT2D eigenvalue weighted by Gasteiger charge is -2.07. The first-order valence-corrected chi connectivity index (χ1v) is 8.83. The number of hydrogen-bond acceptors (Lipinski definition) is 0. The number of hydrogen-bond donors (Lipinski definition) is 0. The van der Waals surface area contributed by atoms with Gasteiger partial charge in [0.2, 0.25) is 0 Å². The van der Waals surface area contributed by atoms with E-state index in [4.69, 9.17) is 0 Å². The van der Waals surface area contributed by atoms with Crippen molar-refractivity contribution in [1.29, 1.82) is 0 Å². The summed E-state index contributed by atoms with van der Waals surface area (Å²) in [5.41, 5.74) is 0. The molecule has 0 heterocycles. The van der Waals surface area contributed by atoms with E-state index in [1.807, 2.05) is 0 Å². The Hall–Kier alpha value is -0.260. The van der Waals surface area contributed by atoms with Crippen molar-refractivity contribution in [3.05, 3.63) is 12.2 Å². The molecule has 114 valence electrons. The van der Waals surface area contributed by atoms with Crippen LogP contribution in [0.25, 0.3) is 0 Å². The maximum atomic E-state index is 2.38. The van der Waals surface area contributed by atoms with E-state index in [1.54, 1.807) is 0 Å². The summed E-state index contributed by atoms with van der Waals surface area (Å²) < 4.78 is 0. The van der Waals surface area contributed by atoms with Crippen LogP contribution in [-0.4, -0.2) is 0 Å². The molecule has 0 aromatic carbocycles. The highest BCUT2D eigenvalue weighted by atomic mass is 14.0. The molecule has 0 aliphatic heterocycles. The van der Waals surface area contributed by atoms with Crippen molar-refractivity contribution < 1.29 is 0 Å². The van der Waals surface area contributed by atoms with Gasteiger partial charge in [-0.25, -0.2) is 0 Å². The van der Waals surface area contributed by atoms with E-state index in [2.05, 4.69) is 39.8 Å². The summed E-state index contributed by atoms with van der Waals surface area (Å²) in [6.45, 7) is 9.18. The van der Waals surface area contributed by atoms with Crippen LogP contribution in [0.1, 0.15) is 98.3 Å². The average Bonchev–Trinajstić information content (AvgIpc) is 2.39. The van der Waals surface area contributed by atoms with Crippen molar-refractivity contribution in [3.63, 3.8) is 0 Å². The third-order valence-electron chi connectivity index (χ3n) is 4.04. The Kier molecular flexibility index (Phi) is 14.0. The van der Waals surface area contributed by atoms with Gasteiger partial charge < -0.3 is 0 Å². The topological polar surface area (TPSA) is 0 Å². The quantitative estimate of drug-likeness (QED) is 0.245. The molecule has 0 radical (unpaired) electrons. The number of unbranched alkanes of at least 4 members (excludes halogenated alkanes) is 8. The van der Waals surface area contributed by atoms with Crippen LogP contribution in [0, 0.1) is 11.8 Å². The molecule has 1 atom stereocenters. The standard InChI is InChI=1S/C19H38/c1-5-19(4)17-15-13-11-9-7-6-8-10-12-14-16-18(2)3/h14,16,18-19H,5-13,15,17H2,1-4H3. The first-order valence-electron chi connectivity index (χ1n) is 8.83. The Morgan fingerprint density at radius 1 is 0.737 bits per heavy atom. The van der Waals surface area contributed by atoms with Crippen LogP contribution in [0.15, 0.2) is 12.2 Å². The highest BCUT2D eigenvalue weighted by Gasteiger charge is 1.98. The minimum Gasteiger partial charge on any atom is -0.0883 e. The minimum atomic E-state index is 0.718. The molecule has 0 heteroatoms. The zero-order valence-corrected chi connectivity index (χ0v) is 14.1. The summed E-state index contributed by atoms with van der Waals surface area (Å²) >= 11 is 0. The summed E-state index contributed by atoms with van der Waals surface area (Å²) in [4.78, 5) is 0. The Labute approximate surface area is 123 Å². The lowest BCUT2D eigenvalue weighted by atomic mass is 9.99. The molecule has 0 nitrogen and oxygen atoms in total. The highest BCUT2D eigenvalue weighted by Crippen LogP contribution is 2.15. The van der Waals surface area contributed by atoms with Gasteiger partial charge in [-0.3, -0.25) is 0 Å². The summed E-state index contributed by atoms with van der Waals surface area (Å²) in [7, 11) is 0. The fraction of sp³-hybridized carbons (Fsp3) is 0.895. The van der Waals surface area contributed by atoms with Crippen LogP contribution in [0.3, 0.4) is 0 Å². The van der Waals surface area contributed by atoms with Gasteiger partial charge in [-0.2, -0.15) is 0 Å². The first kappa shape index (κ1) is 18.7. The monoisotopic (exact) mass is 266 g/mol. The van der Waals surface area contributed by atoms with E-state index in [9.17, 15) is 0 Å². The molecular weight excluding hydrogens is 228 g/mol. The molecule has 0 spiro atoms. The van der Waals surface area contributed by atoms with Crippen molar-refractivity contribution in [2.75, 3.05) is 0 Å². The summed E-state index contributed by atoms with van der Waals surface area (Å²) in [6.07, 6.45) is 20.3. The van der Waals surface area contributed by atoms with Gasteiger partial charge in [0.25, 0.3) is 0 Å². The van der Waals surface area contributed by atoms with Crippen LogP contribution in [0.2, 0.25) is 0 Å². The number of allylic oxidation sites excluding steroid dienone is 2. The molecule has 0 aliphatic rings. The largest absolute Gasteiger partial charge is 0.0883 e. The molecule has 0 saturated heterocycles. The zero-order valence-electron chi connectivity index (χ0n) is 14.1. The Morgan fingerprint density at radius 3 is 1.79 bits per heavy atom. The fourth-order valence-corrected chi connectivity index (χ4v) is 2.39. The van der Waals surface area contributed by atoms with E-state index in [0.717, 1.165) is 11.8 Å². The maximum absolute atomic E-state index is 2.38. The van der Waals surface area contributed by atoms with E-state index in [0.29, 0.717) is 0 Å². The van der Waals surface area contributed by atoms with Crippen LogP contribution < -0.4 is 0 Å². The van der Waals surface area contributed by atoms with Crippen molar-refractivity contribution in [3.8, 4) is 0 Å². The van der Waals surface area contributed by atoms with Crippen LogP contribution in [-0.2, 0) is 0 Å². The molecule has 0 aromatic rings. The maximum Gasteiger partial charge on any atom is -0.0290 e. The van der Waals surface area contributed by atoms with E-state index < -0.39 is 0 Å². The smallest absolute Gasteiger partial charge is 0.0290 e. The van der Waals surface area contributed by atoms with E-state index >= 15 is 0 Å². The van der Waals surface area contributed by atoms with Gasteiger partial charge in [0.15, 0.2) is 0 Å². The molecule has 19 heavy (non-hydrogen) atoms. The molecule has 0 saturated carbocycles. The molecule has 0 bridgehead atoms. The predicted molar refractivity (Wildman–Crippen MR) is 89.6 cm³/mol. The van der Waals surface area contributed by atoms with Gasteiger partial charge in [-0.15, -0.1) is 0 Å². The molecule has 0 aliphatic carbocycles. The molecule has 0 rings (SSSR count). The van der Waals surface area contributed by atoms with Crippen molar-refractivity contribution in [2.45, 2.75) is 98.3 Å². The zero-order chi connectivity index (χ0) is 14.3. The van der Waals surface area contributed by atoms with Gasteiger partial charge >= 0.3 is 0 Å². The van der Waals surface area contributed by atoms with Crippen molar-refractivity contribution in [2.24, 2.45) is 11.8 Å². The fourth-order valence-electron chi connectivity index (χ4n) is 2.39. The van der Waals surface area contributed by atoms with Gasteiger partial charge in [-0.1, -0.05) is 97.6 Å². The van der Waals surface area contributed by atoms with Gasteiger partial charge in [-0.05, 0) is 24.7 Å². The summed E-state index contributed by atoms with van der Waals surface area (Å²) in [5.74, 6) is 1.66. The third kappa shape index (κ3) is 15.7. The summed E-state index contributed by atoms with van der Waals surface area (Å²) in [5, 5.41) is 0. The van der Waals surface area contributed by atoms with E-state index in [1.165, 1.54) is 70.6 Å². The Balaban J connectivity index is 3.07. The van der Waals surface area contributed by atoms with Crippen LogP contribution >= 0.6 is 0 Å².